The summed E-state index contributed by atoms with van der Waals surface area (Å²) in [5.41, 5.74) is 6.68. The number of hydrogen-bond donors (Lipinski definition) is 1. The molecule has 1 aromatic carbocycles. The van der Waals surface area contributed by atoms with Crippen molar-refractivity contribution in [3.05, 3.63) is 35.9 Å². The third-order valence-electron chi connectivity index (χ3n) is 3.62. The van der Waals surface area contributed by atoms with Gasteiger partial charge in [0.2, 0.25) is 11.1 Å². The number of nitrogens with two attached hydrogens (primary N) is 1. The summed E-state index contributed by atoms with van der Waals surface area (Å²) in [6.45, 7) is 3.62. The van der Waals surface area contributed by atoms with Crippen LogP contribution in [0.3, 0.4) is 0 Å². The smallest absolute Gasteiger partial charge is 0.322 e. The third-order valence-corrected chi connectivity index (χ3v) is 4.16. The molecule has 0 radical (unpaired) electrons. The van der Waals surface area contributed by atoms with Gasteiger partial charge in [-0.3, -0.25) is 9.59 Å². The van der Waals surface area contributed by atoms with E-state index in [4.69, 9.17) is 15.2 Å². The van der Waals surface area contributed by atoms with Crippen LogP contribution in [0.2, 0.25) is 0 Å². The summed E-state index contributed by atoms with van der Waals surface area (Å²) in [7, 11) is 0. The highest BCUT2D eigenvalue weighted by Crippen LogP contribution is 2.31. The molecule has 0 amide bonds. The molecule has 0 fully saturated rings. The molecule has 0 aliphatic heterocycles. The Bertz CT molecular complexity index is 732. The number of nitrogens with zero attached hydrogens (tertiary/aromatic N) is 3. The van der Waals surface area contributed by atoms with Gasteiger partial charge in [-0.1, -0.05) is 42.1 Å². The number of anilines is 1. The Morgan fingerprint density at radius 3 is 2.19 bits per heavy atom. The SMILES string of the molecule is CCOC(=O)C(C(=O)OCC)C(c1ccccc1)n1nc(SC)nc1N. The summed E-state index contributed by atoms with van der Waals surface area (Å²) >= 11 is 1.31. The van der Waals surface area contributed by atoms with Crippen LogP contribution in [0.4, 0.5) is 5.95 Å². The highest BCUT2D eigenvalue weighted by atomic mass is 32.2. The molecule has 2 aromatic rings. The number of rotatable bonds is 8. The number of aromatic nitrogens is 3. The van der Waals surface area contributed by atoms with Crippen LogP contribution in [-0.2, 0) is 19.1 Å². The number of carbonyl (C=O) groups excluding carboxylic acids is 2. The van der Waals surface area contributed by atoms with Gasteiger partial charge in [0.1, 0.15) is 6.04 Å². The number of ether oxygens (including phenoxy) is 2. The number of nitrogen functional groups attached to an aromatic ring is 1. The topological polar surface area (TPSA) is 109 Å². The van der Waals surface area contributed by atoms with E-state index in [1.165, 1.54) is 16.4 Å². The zero-order chi connectivity index (χ0) is 19.1. The quantitative estimate of drug-likeness (QED) is 0.421. The summed E-state index contributed by atoms with van der Waals surface area (Å²) in [5, 5.41) is 4.78. The van der Waals surface area contributed by atoms with E-state index in [1.54, 1.807) is 38.1 Å². The normalized spacial score (nSPS) is 12.0. The van der Waals surface area contributed by atoms with E-state index in [-0.39, 0.29) is 19.2 Å². The first-order valence-corrected chi connectivity index (χ1v) is 9.40. The fourth-order valence-electron chi connectivity index (χ4n) is 2.55. The second kappa shape index (κ2) is 9.23. The molecule has 140 valence electrons. The first-order valence-electron chi connectivity index (χ1n) is 8.17. The van der Waals surface area contributed by atoms with Crippen LogP contribution < -0.4 is 5.73 Å². The maximum atomic E-state index is 12.6. The van der Waals surface area contributed by atoms with Crippen LogP contribution in [0.1, 0.15) is 25.5 Å². The minimum Gasteiger partial charge on any atom is -0.465 e. The van der Waals surface area contributed by atoms with Crippen molar-refractivity contribution in [2.24, 2.45) is 5.92 Å². The Morgan fingerprint density at radius 1 is 1.15 bits per heavy atom. The van der Waals surface area contributed by atoms with Gasteiger partial charge in [-0.2, -0.15) is 4.98 Å². The van der Waals surface area contributed by atoms with Crippen molar-refractivity contribution in [2.75, 3.05) is 25.2 Å². The Kier molecular flexibility index (Phi) is 7.02. The largest absolute Gasteiger partial charge is 0.465 e. The van der Waals surface area contributed by atoms with Gasteiger partial charge in [-0.05, 0) is 25.7 Å². The molecule has 26 heavy (non-hydrogen) atoms. The molecule has 1 unspecified atom stereocenters. The molecule has 0 bridgehead atoms. The zero-order valence-corrected chi connectivity index (χ0v) is 15.7. The number of hydrogen-bond acceptors (Lipinski definition) is 8. The number of benzene rings is 1. The third kappa shape index (κ3) is 4.34. The van der Waals surface area contributed by atoms with Crippen molar-refractivity contribution >= 4 is 29.6 Å². The van der Waals surface area contributed by atoms with Crippen molar-refractivity contribution < 1.29 is 19.1 Å². The summed E-state index contributed by atoms with van der Waals surface area (Å²) in [6, 6.07) is 8.19. The lowest BCUT2D eigenvalue weighted by Crippen LogP contribution is -2.37. The van der Waals surface area contributed by atoms with Gasteiger partial charge in [0.15, 0.2) is 5.92 Å². The first-order chi connectivity index (χ1) is 12.5. The predicted molar refractivity (Wildman–Crippen MR) is 97.6 cm³/mol. The van der Waals surface area contributed by atoms with E-state index in [9.17, 15) is 9.59 Å². The average molecular weight is 378 g/mol. The minimum absolute atomic E-state index is 0.0989. The van der Waals surface area contributed by atoms with Gasteiger partial charge < -0.3 is 15.2 Å². The summed E-state index contributed by atoms with van der Waals surface area (Å²) in [5.74, 6) is -2.54. The molecule has 0 aliphatic carbocycles. The van der Waals surface area contributed by atoms with E-state index in [0.29, 0.717) is 10.7 Å². The molecule has 1 atom stereocenters. The maximum Gasteiger partial charge on any atom is 0.322 e. The van der Waals surface area contributed by atoms with Gasteiger partial charge in [0.25, 0.3) is 0 Å². The van der Waals surface area contributed by atoms with Crippen molar-refractivity contribution in [1.29, 1.82) is 0 Å². The molecular weight excluding hydrogens is 356 g/mol. The van der Waals surface area contributed by atoms with Crippen molar-refractivity contribution in [3.8, 4) is 0 Å². The van der Waals surface area contributed by atoms with Gasteiger partial charge in [-0.25, -0.2) is 4.68 Å². The number of carbonyl (C=O) groups is 2. The van der Waals surface area contributed by atoms with Crippen LogP contribution in [-0.4, -0.2) is 46.2 Å². The monoisotopic (exact) mass is 378 g/mol. The fourth-order valence-corrected chi connectivity index (χ4v) is 2.90. The van der Waals surface area contributed by atoms with Crippen LogP contribution >= 0.6 is 11.8 Å². The molecule has 0 saturated heterocycles. The van der Waals surface area contributed by atoms with E-state index in [2.05, 4.69) is 10.1 Å². The Morgan fingerprint density at radius 2 is 1.73 bits per heavy atom. The lowest BCUT2D eigenvalue weighted by atomic mass is 9.93. The minimum atomic E-state index is -1.25. The lowest BCUT2D eigenvalue weighted by Gasteiger charge is -2.25. The molecule has 0 saturated carbocycles. The number of thioether (sulfide) groups is 1. The first kappa shape index (κ1) is 19.8. The highest BCUT2D eigenvalue weighted by Gasteiger charge is 2.41. The average Bonchev–Trinajstić information content (AvgIpc) is 3.01. The second-order valence-corrected chi connectivity index (χ2v) is 6.01. The molecule has 1 aromatic heterocycles. The zero-order valence-electron chi connectivity index (χ0n) is 14.9. The summed E-state index contributed by atoms with van der Waals surface area (Å²) in [4.78, 5) is 29.4. The standard InChI is InChI=1S/C17H22N4O4S/c1-4-24-14(22)12(15(23)25-5-2)13(11-9-7-6-8-10-11)21-16(18)19-17(20-21)26-3/h6-10,12-13H,4-5H2,1-3H3,(H2,18,19,20). The molecule has 8 nitrogen and oxygen atoms in total. The van der Waals surface area contributed by atoms with Crippen LogP contribution in [0, 0.1) is 5.92 Å². The maximum absolute atomic E-state index is 12.6. The highest BCUT2D eigenvalue weighted by molar-refractivity contribution is 7.98. The summed E-state index contributed by atoms with van der Waals surface area (Å²) in [6.07, 6.45) is 1.81. The van der Waals surface area contributed by atoms with E-state index in [0.717, 1.165) is 0 Å². The second-order valence-electron chi connectivity index (χ2n) is 5.24. The van der Waals surface area contributed by atoms with Crippen molar-refractivity contribution in [1.82, 2.24) is 14.8 Å². The molecule has 1 heterocycles. The van der Waals surface area contributed by atoms with Gasteiger partial charge in [0.05, 0.1) is 13.2 Å². The molecule has 0 spiro atoms. The van der Waals surface area contributed by atoms with Gasteiger partial charge >= 0.3 is 11.9 Å². The Labute approximate surface area is 156 Å². The van der Waals surface area contributed by atoms with Crippen LogP contribution in [0.15, 0.2) is 35.5 Å². The number of esters is 2. The van der Waals surface area contributed by atoms with Crippen molar-refractivity contribution in [3.63, 3.8) is 0 Å². The van der Waals surface area contributed by atoms with Gasteiger partial charge in [0, 0.05) is 0 Å². The van der Waals surface area contributed by atoms with Gasteiger partial charge in [-0.15, -0.1) is 5.10 Å². The lowest BCUT2D eigenvalue weighted by molar-refractivity contribution is -0.163. The Hall–Kier alpha value is -2.55. The predicted octanol–water partition coefficient (Wildman–Crippen LogP) is 1.91. The fraction of sp³-hybridized carbons (Fsp3) is 0.412. The van der Waals surface area contributed by atoms with Crippen LogP contribution in [0.25, 0.3) is 0 Å². The van der Waals surface area contributed by atoms with Crippen LogP contribution in [0.5, 0.6) is 0 Å². The molecule has 2 rings (SSSR count). The van der Waals surface area contributed by atoms with E-state index in [1.807, 2.05) is 12.3 Å². The van der Waals surface area contributed by atoms with E-state index >= 15 is 0 Å². The molecule has 0 aliphatic rings. The molecule has 9 heteroatoms. The molecular formula is C17H22N4O4S. The van der Waals surface area contributed by atoms with E-state index < -0.39 is 23.9 Å². The molecule has 2 N–H and O–H groups in total. The summed E-state index contributed by atoms with van der Waals surface area (Å²) < 4.78 is 11.6. The van der Waals surface area contributed by atoms with Crippen molar-refractivity contribution in [2.45, 2.75) is 25.0 Å². The Balaban J connectivity index is 2.60.